The Hall–Kier alpha value is -3.02. The van der Waals surface area contributed by atoms with Crippen LogP contribution in [-0.4, -0.2) is 41.7 Å². The zero-order valence-electron chi connectivity index (χ0n) is 13.7. The number of carboxylic acids is 1. The second-order valence-corrected chi connectivity index (χ2v) is 6.06. The fourth-order valence-corrected chi connectivity index (χ4v) is 2.63. The van der Waals surface area contributed by atoms with Gasteiger partial charge in [0.2, 0.25) is 0 Å². The normalized spacial score (nSPS) is 13.8. The maximum Gasteiger partial charge on any atom is 0.335 e. The van der Waals surface area contributed by atoms with Crippen molar-refractivity contribution in [1.29, 1.82) is 0 Å². The lowest BCUT2D eigenvalue weighted by Gasteiger charge is -2.38. The van der Waals surface area contributed by atoms with Crippen molar-refractivity contribution in [3.05, 3.63) is 65.7 Å². The largest absolute Gasteiger partial charge is 0.493 e. The molecule has 2 aromatic carbocycles. The van der Waals surface area contributed by atoms with Crippen LogP contribution in [0.3, 0.4) is 0 Å². The molecule has 1 heterocycles. The molecule has 2 amide bonds. The molecule has 0 radical (unpaired) electrons. The fraction of sp³-hybridized carbons (Fsp3) is 0.263. The van der Waals surface area contributed by atoms with Gasteiger partial charge in [-0.1, -0.05) is 30.3 Å². The van der Waals surface area contributed by atoms with Crippen LogP contribution in [0, 0.1) is 5.92 Å². The van der Waals surface area contributed by atoms with Crippen LogP contribution in [-0.2, 0) is 6.54 Å². The number of likely N-dealkylation sites (tertiary alicyclic amines) is 1. The summed E-state index contributed by atoms with van der Waals surface area (Å²) in [7, 11) is 0. The molecule has 2 aromatic rings. The lowest BCUT2D eigenvalue weighted by atomic mass is 10.0. The van der Waals surface area contributed by atoms with Gasteiger partial charge in [0.25, 0.3) is 0 Å². The average Bonchev–Trinajstić information content (AvgIpc) is 2.60. The number of ether oxygens (including phenoxy) is 1. The van der Waals surface area contributed by atoms with Crippen molar-refractivity contribution >= 4 is 12.0 Å². The number of amides is 2. The molecule has 0 aliphatic carbocycles. The van der Waals surface area contributed by atoms with E-state index in [0.29, 0.717) is 32.2 Å². The molecule has 3 rings (SSSR count). The number of urea groups is 1. The predicted molar refractivity (Wildman–Crippen MR) is 92.6 cm³/mol. The van der Waals surface area contributed by atoms with Crippen LogP contribution in [0.15, 0.2) is 54.6 Å². The lowest BCUT2D eigenvalue weighted by molar-refractivity contribution is 0.0696. The molecule has 1 fully saturated rings. The van der Waals surface area contributed by atoms with Crippen LogP contribution >= 0.6 is 0 Å². The van der Waals surface area contributed by atoms with Crippen molar-refractivity contribution in [1.82, 2.24) is 10.2 Å². The summed E-state index contributed by atoms with van der Waals surface area (Å²) in [6.07, 6.45) is 0. The molecule has 1 aliphatic heterocycles. The highest BCUT2D eigenvalue weighted by atomic mass is 16.5. The number of rotatable bonds is 6. The first kappa shape index (κ1) is 16.8. The minimum Gasteiger partial charge on any atom is -0.493 e. The Morgan fingerprint density at radius 2 is 1.76 bits per heavy atom. The molecule has 6 nitrogen and oxygen atoms in total. The molecule has 130 valence electrons. The highest BCUT2D eigenvalue weighted by Crippen LogP contribution is 2.18. The number of carbonyl (C=O) groups excluding carboxylic acids is 1. The molecule has 0 spiro atoms. The minimum atomic E-state index is -0.958. The van der Waals surface area contributed by atoms with E-state index in [1.54, 1.807) is 17.0 Å². The van der Waals surface area contributed by atoms with Crippen LogP contribution in [0.5, 0.6) is 5.75 Å². The van der Waals surface area contributed by atoms with Gasteiger partial charge in [0, 0.05) is 25.6 Å². The van der Waals surface area contributed by atoms with Gasteiger partial charge in [-0.15, -0.1) is 0 Å². The number of para-hydroxylation sites is 1. The average molecular weight is 340 g/mol. The van der Waals surface area contributed by atoms with Crippen LogP contribution in [0.4, 0.5) is 4.79 Å². The zero-order chi connectivity index (χ0) is 17.6. The van der Waals surface area contributed by atoms with E-state index in [0.717, 1.165) is 11.3 Å². The predicted octanol–water partition coefficient (Wildman–Crippen LogP) is 2.61. The van der Waals surface area contributed by atoms with Gasteiger partial charge in [-0.25, -0.2) is 9.59 Å². The second-order valence-electron chi connectivity index (χ2n) is 6.06. The quantitative estimate of drug-likeness (QED) is 0.847. The van der Waals surface area contributed by atoms with Gasteiger partial charge in [0.05, 0.1) is 12.2 Å². The molecule has 0 bridgehead atoms. The summed E-state index contributed by atoms with van der Waals surface area (Å²) < 4.78 is 5.69. The summed E-state index contributed by atoms with van der Waals surface area (Å²) in [6.45, 7) is 2.33. The van der Waals surface area contributed by atoms with Crippen molar-refractivity contribution in [2.45, 2.75) is 6.54 Å². The number of carbonyl (C=O) groups is 2. The number of nitrogens with one attached hydrogen (secondary N) is 1. The minimum absolute atomic E-state index is 0.113. The van der Waals surface area contributed by atoms with E-state index >= 15 is 0 Å². The van der Waals surface area contributed by atoms with Gasteiger partial charge < -0.3 is 20.1 Å². The van der Waals surface area contributed by atoms with E-state index in [9.17, 15) is 9.59 Å². The Kier molecular flexibility index (Phi) is 5.18. The molecule has 0 unspecified atom stereocenters. The molecule has 0 aromatic heterocycles. The first-order chi connectivity index (χ1) is 12.1. The van der Waals surface area contributed by atoms with Crippen molar-refractivity contribution in [2.75, 3.05) is 19.7 Å². The molecule has 25 heavy (non-hydrogen) atoms. The van der Waals surface area contributed by atoms with E-state index in [4.69, 9.17) is 9.84 Å². The van der Waals surface area contributed by atoms with Gasteiger partial charge in [0.1, 0.15) is 5.75 Å². The Balaban J connectivity index is 1.36. The van der Waals surface area contributed by atoms with Gasteiger partial charge in [-0.2, -0.15) is 0 Å². The second kappa shape index (κ2) is 7.70. The molecule has 6 heteroatoms. The first-order valence-corrected chi connectivity index (χ1v) is 8.14. The fourth-order valence-electron chi connectivity index (χ4n) is 2.63. The summed E-state index contributed by atoms with van der Waals surface area (Å²) >= 11 is 0. The van der Waals surface area contributed by atoms with E-state index in [1.165, 1.54) is 12.1 Å². The highest BCUT2D eigenvalue weighted by molar-refractivity contribution is 5.87. The van der Waals surface area contributed by atoms with Crippen molar-refractivity contribution < 1.29 is 19.4 Å². The number of hydrogen-bond donors (Lipinski definition) is 2. The Morgan fingerprint density at radius 1 is 1.08 bits per heavy atom. The number of hydrogen-bond acceptors (Lipinski definition) is 3. The van der Waals surface area contributed by atoms with Gasteiger partial charge in [0.15, 0.2) is 0 Å². The SMILES string of the molecule is O=C(O)c1ccc(CNC(=O)N2CC(COc3ccccc3)C2)cc1. The monoisotopic (exact) mass is 340 g/mol. The smallest absolute Gasteiger partial charge is 0.335 e. The molecule has 0 saturated carbocycles. The van der Waals surface area contributed by atoms with Crippen LogP contribution in [0.1, 0.15) is 15.9 Å². The maximum absolute atomic E-state index is 12.1. The van der Waals surface area contributed by atoms with E-state index in [1.807, 2.05) is 30.3 Å². The number of aromatic carboxylic acids is 1. The van der Waals surface area contributed by atoms with Gasteiger partial charge in [-0.05, 0) is 29.8 Å². The van der Waals surface area contributed by atoms with E-state index in [2.05, 4.69) is 5.32 Å². The number of carboxylic acid groups (broad SMARTS) is 1. The van der Waals surface area contributed by atoms with Gasteiger partial charge in [-0.3, -0.25) is 0 Å². The van der Waals surface area contributed by atoms with Crippen LogP contribution in [0.25, 0.3) is 0 Å². The van der Waals surface area contributed by atoms with Gasteiger partial charge >= 0.3 is 12.0 Å². The topological polar surface area (TPSA) is 78.9 Å². The molecule has 1 saturated heterocycles. The third kappa shape index (κ3) is 4.50. The zero-order valence-corrected chi connectivity index (χ0v) is 13.7. The Labute approximate surface area is 146 Å². The van der Waals surface area contributed by atoms with Crippen molar-refractivity contribution in [3.8, 4) is 5.75 Å². The number of benzene rings is 2. The molecular formula is C19H20N2O4. The van der Waals surface area contributed by atoms with Crippen molar-refractivity contribution in [3.63, 3.8) is 0 Å². The molecule has 2 N–H and O–H groups in total. The van der Waals surface area contributed by atoms with E-state index in [-0.39, 0.29) is 11.6 Å². The summed E-state index contributed by atoms with van der Waals surface area (Å²) in [4.78, 5) is 24.6. The van der Waals surface area contributed by atoms with E-state index < -0.39 is 5.97 Å². The van der Waals surface area contributed by atoms with Crippen LogP contribution in [0.2, 0.25) is 0 Å². The number of nitrogens with zero attached hydrogens (tertiary/aromatic N) is 1. The molecule has 1 aliphatic rings. The summed E-state index contributed by atoms with van der Waals surface area (Å²) in [6, 6.07) is 16.0. The standard InChI is InChI=1S/C19H20N2O4/c22-18(23)16-8-6-14(7-9-16)10-20-19(24)21-11-15(12-21)13-25-17-4-2-1-3-5-17/h1-9,15H,10-13H2,(H,20,24)(H,22,23). The highest BCUT2D eigenvalue weighted by Gasteiger charge is 2.30. The lowest BCUT2D eigenvalue weighted by Crippen LogP contribution is -2.55. The third-order valence-electron chi connectivity index (χ3n) is 4.12. The van der Waals surface area contributed by atoms with Crippen molar-refractivity contribution in [2.24, 2.45) is 5.92 Å². The molecular weight excluding hydrogens is 320 g/mol. The summed E-state index contributed by atoms with van der Waals surface area (Å²) in [5.41, 5.74) is 1.10. The van der Waals surface area contributed by atoms with Crippen LogP contribution < -0.4 is 10.1 Å². The Bertz CT molecular complexity index is 725. The third-order valence-corrected chi connectivity index (χ3v) is 4.12. The Morgan fingerprint density at radius 3 is 2.40 bits per heavy atom. The summed E-state index contributed by atoms with van der Waals surface area (Å²) in [5, 5.41) is 11.7. The summed E-state index contributed by atoms with van der Waals surface area (Å²) in [5.74, 6) is 0.232. The molecule has 0 atom stereocenters. The first-order valence-electron chi connectivity index (χ1n) is 8.14. The maximum atomic E-state index is 12.1.